The summed E-state index contributed by atoms with van der Waals surface area (Å²) in [6.45, 7) is 5.66. The largest absolute Gasteiger partial charge is 0.389 e. The van der Waals surface area contributed by atoms with Gasteiger partial charge in [-0.05, 0) is 57.4 Å². The zero-order chi connectivity index (χ0) is 14.0. The number of nitrogens with one attached hydrogen (secondary N) is 1. The van der Waals surface area contributed by atoms with Crippen molar-refractivity contribution in [1.29, 1.82) is 0 Å². The third-order valence-electron chi connectivity index (χ3n) is 6.16. The van der Waals surface area contributed by atoms with Crippen molar-refractivity contribution in [2.45, 2.75) is 82.4 Å². The summed E-state index contributed by atoms with van der Waals surface area (Å²) in [5, 5.41) is 14.5. The van der Waals surface area contributed by atoms with Crippen LogP contribution in [0, 0.1) is 5.92 Å². The molecule has 2 N–H and O–H groups in total. The second-order valence-electron chi connectivity index (χ2n) is 7.45. The highest BCUT2D eigenvalue weighted by Gasteiger charge is 2.38. The highest BCUT2D eigenvalue weighted by Crippen LogP contribution is 2.34. The Labute approximate surface area is 124 Å². The van der Waals surface area contributed by atoms with Crippen LogP contribution in [0.1, 0.15) is 64.7 Å². The number of nitrogens with zero attached hydrogens (tertiary/aromatic N) is 1. The highest BCUT2D eigenvalue weighted by molar-refractivity contribution is 4.96. The molecule has 2 saturated heterocycles. The summed E-state index contributed by atoms with van der Waals surface area (Å²) in [6.07, 6.45) is 11.1. The zero-order valence-corrected chi connectivity index (χ0v) is 13.1. The molecule has 0 aromatic rings. The number of hydrogen-bond acceptors (Lipinski definition) is 3. The van der Waals surface area contributed by atoms with Crippen LogP contribution in [0.2, 0.25) is 0 Å². The SMILES string of the molecule is CCC1CCC(O)(CNC2CCN3CCCCC23)CC1. The van der Waals surface area contributed by atoms with E-state index in [4.69, 9.17) is 0 Å². The Morgan fingerprint density at radius 3 is 2.65 bits per heavy atom. The predicted octanol–water partition coefficient (Wildman–Crippen LogP) is 2.53. The van der Waals surface area contributed by atoms with Gasteiger partial charge in [0.1, 0.15) is 0 Å². The lowest BCUT2D eigenvalue weighted by Crippen LogP contribution is -2.51. The van der Waals surface area contributed by atoms with Crippen molar-refractivity contribution in [3.63, 3.8) is 0 Å². The highest BCUT2D eigenvalue weighted by atomic mass is 16.3. The summed E-state index contributed by atoms with van der Waals surface area (Å²) >= 11 is 0. The lowest BCUT2D eigenvalue weighted by atomic mass is 9.77. The molecular formula is C17H32N2O. The molecule has 3 fully saturated rings. The Bertz CT molecular complexity index is 312. The molecule has 2 unspecified atom stereocenters. The maximum Gasteiger partial charge on any atom is 0.0771 e. The van der Waals surface area contributed by atoms with Crippen LogP contribution >= 0.6 is 0 Å². The first kappa shape index (κ1) is 14.8. The van der Waals surface area contributed by atoms with Crippen LogP contribution in [-0.2, 0) is 0 Å². The molecule has 2 atom stereocenters. The van der Waals surface area contributed by atoms with Gasteiger partial charge in [-0.1, -0.05) is 19.8 Å². The molecule has 0 aromatic heterocycles. The van der Waals surface area contributed by atoms with Crippen molar-refractivity contribution in [3.05, 3.63) is 0 Å². The molecule has 116 valence electrons. The Morgan fingerprint density at radius 1 is 1.10 bits per heavy atom. The van der Waals surface area contributed by atoms with Gasteiger partial charge >= 0.3 is 0 Å². The molecule has 0 amide bonds. The van der Waals surface area contributed by atoms with Gasteiger partial charge in [0.2, 0.25) is 0 Å². The molecule has 3 nitrogen and oxygen atoms in total. The maximum absolute atomic E-state index is 10.8. The third kappa shape index (κ3) is 3.20. The number of fused-ring (bicyclic) bond motifs is 1. The van der Waals surface area contributed by atoms with E-state index >= 15 is 0 Å². The topological polar surface area (TPSA) is 35.5 Å². The second kappa shape index (κ2) is 6.33. The van der Waals surface area contributed by atoms with E-state index in [1.165, 1.54) is 58.0 Å². The fourth-order valence-electron chi connectivity index (χ4n) is 4.61. The Morgan fingerprint density at radius 2 is 1.90 bits per heavy atom. The molecule has 0 radical (unpaired) electrons. The fraction of sp³-hybridized carbons (Fsp3) is 1.00. The standard InChI is InChI=1S/C17H32N2O/c1-2-14-6-9-17(20,10-7-14)13-18-15-8-12-19-11-4-3-5-16(15)19/h14-16,18,20H,2-13H2,1H3. The maximum atomic E-state index is 10.8. The van der Waals surface area contributed by atoms with E-state index in [0.29, 0.717) is 6.04 Å². The van der Waals surface area contributed by atoms with Gasteiger partial charge in [-0.15, -0.1) is 0 Å². The first-order chi connectivity index (χ1) is 9.70. The summed E-state index contributed by atoms with van der Waals surface area (Å²) < 4.78 is 0. The van der Waals surface area contributed by atoms with E-state index in [1.807, 2.05) is 0 Å². The van der Waals surface area contributed by atoms with E-state index in [9.17, 15) is 5.11 Å². The monoisotopic (exact) mass is 280 g/mol. The van der Waals surface area contributed by atoms with Crippen LogP contribution in [0.4, 0.5) is 0 Å². The van der Waals surface area contributed by atoms with Crippen molar-refractivity contribution in [2.75, 3.05) is 19.6 Å². The minimum atomic E-state index is -0.423. The zero-order valence-electron chi connectivity index (χ0n) is 13.1. The van der Waals surface area contributed by atoms with E-state index in [2.05, 4.69) is 17.1 Å². The molecule has 20 heavy (non-hydrogen) atoms. The number of aliphatic hydroxyl groups is 1. The molecule has 0 spiro atoms. The normalized spacial score (nSPS) is 42.6. The number of hydrogen-bond donors (Lipinski definition) is 2. The lowest BCUT2D eigenvalue weighted by Gasteiger charge is -2.38. The van der Waals surface area contributed by atoms with Crippen LogP contribution < -0.4 is 5.32 Å². The van der Waals surface area contributed by atoms with Crippen molar-refractivity contribution in [1.82, 2.24) is 10.2 Å². The first-order valence-electron chi connectivity index (χ1n) is 8.90. The Balaban J connectivity index is 1.47. The summed E-state index contributed by atoms with van der Waals surface area (Å²) in [4.78, 5) is 2.67. The lowest BCUT2D eigenvalue weighted by molar-refractivity contribution is -0.0118. The molecule has 1 aliphatic carbocycles. The number of piperidine rings is 1. The Hall–Kier alpha value is -0.120. The van der Waals surface area contributed by atoms with Crippen LogP contribution in [0.25, 0.3) is 0 Å². The minimum Gasteiger partial charge on any atom is -0.389 e. The van der Waals surface area contributed by atoms with Gasteiger partial charge in [-0.25, -0.2) is 0 Å². The summed E-state index contributed by atoms with van der Waals surface area (Å²) in [5.74, 6) is 0.857. The van der Waals surface area contributed by atoms with Crippen LogP contribution in [0.3, 0.4) is 0 Å². The molecule has 1 saturated carbocycles. The van der Waals surface area contributed by atoms with Gasteiger partial charge in [-0.3, -0.25) is 4.90 Å². The molecule has 0 bridgehead atoms. The van der Waals surface area contributed by atoms with Gasteiger partial charge in [0, 0.05) is 25.2 Å². The van der Waals surface area contributed by atoms with E-state index in [0.717, 1.165) is 31.3 Å². The van der Waals surface area contributed by atoms with Crippen molar-refractivity contribution < 1.29 is 5.11 Å². The summed E-state index contributed by atoms with van der Waals surface area (Å²) in [7, 11) is 0. The van der Waals surface area contributed by atoms with Crippen molar-refractivity contribution in [3.8, 4) is 0 Å². The van der Waals surface area contributed by atoms with Crippen LogP contribution in [0.5, 0.6) is 0 Å². The van der Waals surface area contributed by atoms with Crippen molar-refractivity contribution >= 4 is 0 Å². The van der Waals surface area contributed by atoms with Crippen LogP contribution in [-0.4, -0.2) is 47.3 Å². The molecule has 2 aliphatic heterocycles. The quantitative estimate of drug-likeness (QED) is 0.831. The van der Waals surface area contributed by atoms with Crippen molar-refractivity contribution in [2.24, 2.45) is 5.92 Å². The van der Waals surface area contributed by atoms with Gasteiger partial charge < -0.3 is 10.4 Å². The third-order valence-corrected chi connectivity index (χ3v) is 6.16. The van der Waals surface area contributed by atoms with E-state index in [1.54, 1.807) is 0 Å². The van der Waals surface area contributed by atoms with Crippen LogP contribution in [0.15, 0.2) is 0 Å². The minimum absolute atomic E-state index is 0.423. The smallest absolute Gasteiger partial charge is 0.0771 e. The molecule has 0 aromatic carbocycles. The van der Waals surface area contributed by atoms with Gasteiger partial charge in [0.05, 0.1) is 5.60 Å². The Kier molecular flexibility index (Phi) is 4.68. The summed E-state index contributed by atoms with van der Waals surface area (Å²) in [5.41, 5.74) is -0.423. The summed E-state index contributed by atoms with van der Waals surface area (Å²) in [6, 6.07) is 1.38. The fourth-order valence-corrected chi connectivity index (χ4v) is 4.61. The molecule has 2 heterocycles. The first-order valence-corrected chi connectivity index (χ1v) is 8.90. The molecule has 3 heteroatoms. The van der Waals surface area contributed by atoms with E-state index < -0.39 is 5.60 Å². The second-order valence-corrected chi connectivity index (χ2v) is 7.45. The van der Waals surface area contributed by atoms with Gasteiger partial charge in [0.25, 0.3) is 0 Å². The van der Waals surface area contributed by atoms with Gasteiger partial charge in [0.15, 0.2) is 0 Å². The number of rotatable bonds is 4. The van der Waals surface area contributed by atoms with E-state index in [-0.39, 0.29) is 0 Å². The molecular weight excluding hydrogens is 248 g/mol. The molecule has 3 aliphatic rings. The van der Waals surface area contributed by atoms with Gasteiger partial charge in [-0.2, -0.15) is 0 Å². The predicted molar refractivity (Wildman–Crippen MR) is 82.8 cm³/mol. The molecule has 3 rings (SSSR count). The average molecular weight is 280 g/mol. The average Bonchev–Trinajstić information content (AvgIpc) is 2.89.